The minimum atomic E-state index is -1.26. The molecule has 0 N–H and O–H groups in total. The Hall–Kier alpha value is -0.370. The second-order valence-corrected chi connectivity index (χ2v) is 6.67. The van der Waals surface area contributed by atoms with Gasteiger partial charge in [-0.2, -0.15) is 0 Å². The topological polar surface area (TPSA) is 27.7 Å². The molecular formula is C13H23O3P. The van der Waals surface area contributed by atoms with Crippen LogP contribution in [0.15, 0.2) is 23.5 Å². The molecule has 1 rings (SSSR count). The summed E-state index contributed by atoms with van der Waals surface area (Å²) < 4.78 is 16.2. The summed E-state index contributed by atoms with van der Waals surface area (Å²) in [7, 11) is 1.95. The predicted octanol–water partition coefficient (Wildman–Crippen LogP) is 4.42. The Balaban J connectivity index is 2.94. The van der Waals surface area contributed by atoms with Gasteiger partial charge in [-0.3, -0.25) is 0 Å². The van der Waals surface area contributed by atoms with Gasteiger partial charge in [-0.25, -0.2) is 0 Å². The van der Waals surface area contributed by atoms with Crippen LogP contribution in [0.1, 0.15) is 34.1 Å². The van der Waals surface area contributed by atoms with Gasteiger partial charge < -0.3 is 13.6 Å². The maximum absolute atomic E-state index is 5.85. The SMILES string of the molecule is COP(OC)OC1=C(C(C)(C)C)C=CC(C)C1. The second-order valence-electron chi connectivity index (χ2n) is 5.31. The molecule has 0 aromatic carbocycles. The summed E-state index contributed by atoms with van der Waals surface area (Å²) in [6.45, 7) is 8.75. The van der Waals surface area contributed by atoms with Crippen LogP contribution in [0.2, 0.25) is 0 Å². The van der Waals surface area contributed by atoms with E-state index in [9.17, 15) is 0 Å². The van der Waals surface area contributed by atoms with Gasteiger partial charge in [0.25, 0.3) is 0 Å². The lowest BCUT2D eigenvalue weighted by molar-refractivity contribution is 0.231. The lowest BCUT2D eigenvalue weighted by Gasteiger charge is -2.29. The first-order valence-electron chi connectivity index (χ1n) is 5.86. The van der Waals surface area contributed by atoms with Crippen molar-refractivity contribution in [2.24, 2.45) is 11.3 Å². The maximum atomic E-state index is 5.85. The molecule has 3 nitrogen and oxygen atoms in total. The molecule has 0 saturated heterocycles. The minimum Gasteiger partial charge on any atom is -0.431 e. The minimum absolute atomic E-state index is 0.0778. The van der Waals surface area contributed by atoms with Crippen LogP contribution in [0.25, 0.3) is 0 Å². The van der Waals surface area contributed by atoms with Crippen LogP contribution in [0.3, 0.4) is 0 Å². The third kappa shape index (κ3) is 4.09. The van der Waals surface area contributed by atoms with Gasteiger partial charge in [0.15, 0.2) is 0 Å². The van der Waals surface area contributed by atoms with Crippen LogP contribution in [-0.4, -0.2) is 14.2 Å². The van der Waals surface area contributed by atoms with Gasteiger partial charge in [0.1, 0.15) is 5.76 Å². The van der Waals surface area contributed by atoms with Gasteiger partial charge in [0, 0.05) is 20.6 Å². The van der Waals surface area contributed by atoms with Crippen LogP contribution < -0.4 is 0 Å². The molecule has 98 valence electrons. The molecule has 0 amide bonds. The molecule has 1 aliphatic rings. The van der Waals surface area contributed by atoms with Crippen LogP contribution in [0, 0.1) is 11.3 Å². The van der Waals surface area contributed by atoms with Crippen LogP contribution in [-0.2, 0) is 13.6 Å². The first-order valence-corrected chi connectivity index (χ1v) is 6.96. The van der Waals surface area contributed by atoms with E-state index in [-0.39, 0.29) is 5.41 Å². The van der Waals surface area contributed by atoms with Crippen LogP contribution in [0.4, 0.5) is 0 Å². The molecule has 0 saturated carbocycles. The molecule has 0 radical (unpaired) electrons. The Bertz CT molecular complexity index is 311. The van der Waals surface area contributed by atoms with Gasteiger partial charge in [-0.05, 0) is 16.9 Å². The highest BCUT2D eigenvalue weighted by Crippen LogP contribution is 2.45. The quantitative estimate of drug-likeness (QED) is 0.699. The Labute approximate surface area is 106 Å². The summed E-state index contributed by atoms with van der Waals surface area (Å²) >= 11 is 0. The van der Waals surface area contributed by atoms with Gasteiger partial charge in [0.05, 0.1) is 0 Å². The maximum Gasteiger partial charge on any atom is 0.396 e. The smallest absolute Gasteiger partial charge is 0.396 e. The van der Waals surface area contributed by atoms with E-state index in [1.54, 1.807) is 14.2 Å². The van der Waals surface area contributed by atoms with E-state index in [1.165, 1.54) is 5.57 Å². The molecule has 0 fully saturated rings. The van der Waals surface area contributed by atoms with Gasteiger partial charge >= 0.3 is 8.60 Å². The third-order valence-corrected chi connectivity index (χ3v) is 3.66. The van der Waals surface area contributed by atoms with Crippen molar-refractivity contribution in [2.45, 2.75) is 34.1 Å². The molecule has 1 unspecified atom stereocenters. The summed E-state index contributed by atoms with van der Waals surface area (Å²) in [6, 6.07) is 0. The highest BCUT2D eigenvalue weighted by molar-refractivity contribution is 7.41. The number of rotatable bonds is 4. The van der Waals surface area contributed by atoms with E-state index in [1.807, 2.05) is 0 Å². The second kappa shape index (κ2) is 5.99. The van der Waals surface area contributed by atoms with Crippen molar-refractivity contribution >= 4 is 8.60 Å². The summed E-state index contributed by atoms with van der Waals surface area (Å²) in [6.07, 6.45) is 5.31. The van der Waals surface area contributed by atoms with Crippen molar-refractivity contribution in [2.75, 3.05) is 14.2 Å². The van der Waals surface area contributed by atoms with Gasteiger partial charge in [-0.1, -0.05) is 39.8 Å². The lowest BCUT2D eigenvalue weighted by atomic mass is 9.81. The molecule has 0 heterocycles. The molecule has 0 spiro atoms. The van der Waals surface area contributed by atoms with E-state index in [0.717, 1.165) is 12.2 Å². The largest absolute Gasteiger partial charge is 0.431 e. The number of allylic oxidation sites excluding steroid dienone is 4. The van der Waals surface area contributed by atoms with E-state index in [4.69, 9.17) is 13.6 Å². The lowest BCUT2D eigenvalue weighted by Crippen LogP contribution is -2.15. The fraction of sp³-hybridized carbons (Fsp3) is 0.692. The fourth-order valence-corrected chi connectivity index (χ4v) is 2.47. The average molecular weight is 258 g/mol. The van der Waals surface area contributed by atoms with E-state index in [2.05, 4.69) is 39.8 Å². The number of hydrogen-bond acceptors (Lipinski definition) is 3. The molecule has 0 aliphatic heterocycles. The fourth-order valence-electron chi connectivity index (χ4n) is 1.82. The van der Waals surface area contributed by atoms with Gasteiger partial charge in [-0.15, -0.1) is 0 Å². The monoisotopic (exact) mass is 258 g/mol. The van der Waals surface area contributed by atoms with Gasteiger partial charge in [0.2, 0.25) is 0 Å². The van der Waals surface area contributed by atoms with Crippen molar-refractivity contribution in [1.82, 2.24) is 0 Å². The Morgan fingerprint density at radius 1 is 1.24 bits per heavy atom. The highest BCUT2D eigenvalue weighted by Gasteiger charge is 2.26. The zero-order valence-electron chi connectivity index (χ0n) is 11.6. The molecule has 0 bridgehead atoms. The van der Waals surface area contributed by atoms with Crippen LogP contribution >= 0.6 is 8.60 Å². The molecule has 0 aromatic heterocycles. The van der Waals surface area contributed by atoms with E-state index >= 15 is 0 Å². The van der Waals surface area contributed by atoms with Crippen molar-refractivity contribution in [3.8, 4) is 0 Å². The van der Waals surface area contributed by atoms with E-state index < -0.39 is 8.60 Å². The summed E-state index contributed by atoms with van der Waals surface area (Å²) in [5, 5.41) is 0. The molecule has 4 heteroatoms. The predicted molar refractivity (Wildman–Crippen MR) is 71.4 cm³/mol. The zero-order chi connectivity index (χ0) is 13.1. The van der Waals surface area contributed by atoms with Crippen LogP contribution in [0.5, 0.6) is 0 Å². The normalized spacial score (nSPS) is 21.2. The third-order valence-electron chi connectivity index (χ3n) is 2.69. The summed E-state index contributed by atoms with van der Waals surface area (Å²) in [4.78, 5) is 0. The first kappa shape index (κ1) is 14.7. The van der Waals surface area contributed by atoms with Crippen molar-refractivity contribution in [3.05, 3.63) is 23.5 Å². The average Bonchev–Trinajstić information content (AvgIpc) is 2.24. The molecular weight excluding hydrogens is 235 g/mol. The number of hydrogen-bond donors (Lipinski definition) is 0. The van der Waals surface area contributed by atoms with Crippen molar-refractivity contribution < 1.29 is 13.6 Å². The first-order chi connectivity index (χ1) is 7.88. The molecule has 1 atom stereocenters. The zero-order valence-corrected chi connectivity index (χ0v) is 12.5. The molecule has 17 heavy (non-hydrogen) atoms. The molecule has 0 aromatic rings. The highest BCUT2D eigenvalue weighted by atomic mass is 31.2. The summed E-state index contributed by atoms with van der Waals surface area (Å²) in [5.74, 6) is 1.50. The van der Waals surface area contributed by atoms with E-state index in [0.29, 0.717) is 5.92 Å². The van der Waals surface area contributed by atoms with Crippen molar-refractivity contribution in [3.63, 3.8) is 0 Å². The summed E-state index contributed by atoms with van der Waals surface area (Å²) in [5.41, 5.74) is 1.31. The Morgan fingerprint density at radius 3 is 2.29 bits per heavy atom. The van der Waals surface area contributed by atoms with Crippen molar-refractivity contribution in [1.29, 1.82) is 0 Å². The Kier molecular flexibility index (Phi) is 5.18. The Morgan fingerprint density at radius 2 is 1.82 bits per heavy atom. The molecule has 1 aliphatic carbocycles. The standard InChI is InChI=1S/C13H23O3P/c1-10-7-8-11(13(2,3)4)12(9-10)16-17(14-5)15-6/h7-8,10H,9H2,1-6H3.